The van der Waals surface area contributed by atoms with E-state index in [-0.39, 0.29) is 11.4 Å². The van der Waals surface area contributed by atoms with E-state index in [1.54, 1.807) is 66.7 Å². The first-order valence-corrected chi connectivity index (χ1v) is 9.93. The molecule has 0 unspecified atom stereocenters. The zero-order valence-electron chi connectivity index (χ0n) is 18.1. The van der Waals surface area contributed by atoms with E-state index in [2.05, 4.69) is 15.8 Å². The van der Waals surface area contributed by atoms with Gasteiger partial charge in [-0.25, -0.2) is 5.43 Å². The fourth-order valence-electron chi connectivity index (χ4n) is 2.85. The molecule has 0 atom stereocenters. The Kier molecular flexibility index (Phi) is 7.80. The summed E-state index contributed by atoms with van der Waals surface area (Å²) in [6, 6.07) is 20.1. The highest BCUT2D eigenvalue weighted by Crippen LogP contribution is 2.26. The third kappa shape index (κ3) is 6.20. The SMILES string of the molecule is COc1ccc(C=C(NC(=O)c2ccccc2)C(=O)N/N=C/c2ccccc2O)c(OC)c1. The number of ether oxygens (including phenoxy) is 2. The Bertz CT molecular complexity index is 1190. The maximum absolute atomic E-state index is 12.9. The number of amides is 2. The molecule has 33 heavy (non-hydrogen) atoms. The van der Waals surface area contributed by atoms with Crippen molar-refractivity contribution in [3.63, 3.8) is 0 Å². The summed E-state index contributed by atoms with van der Waals surface area (Å²) in [4.78, 5) is 25.6. The number of carbonyl (C=O) groups is 2. The predicted octanol–water partition coefficient (Wildman–Crippen LogP) is 3.33. The van der Waals surface area contributed by atoms with Crippen LogP contribution in [0.2, 0.25) is 0 Å². The maximum atomic E-state index is 12.9. The molecule has 3 aromatic carbocycles. The number of methoxy groups -OCH3 is 2. The first-order chi connectivity index (χ1) is 16.0. The Hall–Kier alpha value is -4.59. The van der Waals surface area contributed by atoms with Crippen LogP contribution in [0.1, 0.15) is 21.5 Å². The molecule has 3 rings (SSSR count). The second-order valence-corrected chi connectivity index (χ2v) is 6.74. The smallest absolute Gasteiger partial charge is 0.287 e. The maximum Gasteiger partial charge on any atom is 0.287 e. The summed E-state index contributed by atoms with van der Waals surface area (Å²) < 4.78 is 10.6. The molecule has 0 fully saturated rings. The van der Waals surface area contributed by atoms with Crippen molar-refractivity contribution in [2.75, 3.05) is 14.2 Å². The highest BCUT2D eigenvalue weighted by Gasteiger charge is 2.16. The zero-order valence-corrected chi connectivity index (χ0v) is 18.1. The summed E-state index contributed by atoms with van der Waals surface area (Å²) >= 11 is 0. The number of aromatic hydroxyl groups is 1. The van der Waals surface area contributed by atoms with Crippen LogP contribution in [-0.2, 0) is 4.79 Å². The highest BCUT2D eigenvalue weighted by molar-refractivity contribution is 6.05. The van der Waals surface area contributed by atoms with Gasteiger partial charge >= 0.3 is 0 Å². The summed E-state index contributed by atoms with van der Waals surface area (Å²) in [5.74, 6) is -0.0773. The van der Waals surface area contributed by atoms with Crippen LogP contribution in [0.5, 0.6) is 17.2 Å². The molecule has 0 radical (unpaired) electrons. The van der Waals surface area contributed by atoms with Gasteiger partial charge in [0.1, 0.15) is 22.9 Å². The van der Waals surface area contributed by atoms with Gasteiger partial charge in [0, 0.05) is 22.8 Å². The number of benzene rings is 3. The van der Waals surface area contributed by atoms with E-state index in [4.69, 9.17) is 9.47 Å². The van der Waals surface area contributed by atoms with Gasteiger partial charge in [0.15, 0.2) is 0 Å². The Morgan fingerprint density at radius 3 is 2.33 bits per heavy atom. The molecule has 168 valence electrons. The lowest BCUT2D eigenvalue weighted by atomic mass is 10.1. The van der Waals surface area contributed by atoms with E-state index in [1.165, 1.54) is 32.6 Å². The number of rotatable bonds is 8. The number of phenols is 1. The number of hydrazone groups is 1. The Labute approximate surface area is 191 Å². The molecule has 0 saturated carbocycles. The zero-order chi connectivity index (χ0) is 23.6. The van der Waals surface area contributed by atoms with Crippen molar-refractivity contribution in [3.05, 3.63) is 95.2 Å². The standard InChI is InChI=1S/C25H23N3O5/c1-32-20-13-12-18(23(15-20)33-2)14-21(27-24(30)17-8-4-3-5-9-17)25(31)28-26-16-19-10-6-7-11-22(19)29/h3-16,29H,1-2H3,(H,27,30)(H,28,31)/b21-14?,26-16+. The fraction of sp³-hybridized carbons (Fsp3) is 0.0800. The Morgan fingerprint density at radius 1 is 0.909 bits per heavy atom. The molecule has 0 aliphatic carbocycles. The second-order valence-electron chi connectivity index (χ2n) is 6.74. The van der Waals surface area contributed by atoms with Gasteiger partial charge in [0.25, 0.3) is 11.8 Å². The molecule has 0 bridgehead atoms. The molecular formula is C25H23N3O5. The minimum absolute atomic E-state index is 0.0200. The van der Waals surface area contributed by atoms with Gasteiger partial charge in [-0.1, -0.05) is 30.3 Å². The lowest BCUT2D eigenvalue weighted by Crippen LogP contribution is -2.32. The number of carbonyl (C=O) groups excluding carboxylic acids is 2. The molecule has 8 heteroatoms. The number of nitrogens with one attached hydrogen (secondary N) is 2. The molecule has 0 aliphatic rings. The van der Waals surface area contributed by atoms with Gasteiger partial charge in [0.2, 0.25) is 0 Å². The van der Waals surface area contributed by atoms with E-state index in [1.807, 2.05) is 0 Å². The van der Waals surface area contributed by atoms with E-state index in [0.717, 1.165) is 0 Å². The summed E-state index contributed by atoms with van der Waals surface area (Å²) in [6.07, 6.45) is 2.78. The molecule has 0 heterocycles. The highest BCUT2D eigenvalue weighted by atomic mass is 16.5. The normalized spacial score (nSPS) is 11.2. The molecule has 0 aromatic heterocycles. The lowest BCUT2D eigenvalue weighted by molar-refractivity contribution is -0.117. The second kappa shape index (κ2) is 11.1. The van der Waals surface area contributed by atoms with Crippen molar-refractivity contribution in [1.29, 1.82) is 0 Å². The molecule has 3 N–H and O–H groups in total. The molecular weight excluding hydrogens is 422 g/mol. The van der Waals surface area contributed by atoms with Gasteiger partial charge in [-0.3, -0.25) is 9.59 Å². The minimum Gasteiger partial charge on any atom is -0.507 e. The van der Waals surface area contributed by atoms with Crippen LogP contribution >= 0.6 is 0 Å². The third-order valence-electron chi connectivity index (χ3n) is 4.58. The molecule has 0 spiro atoms. The molecule has 3 aromatic rings. The van der Waals surface area contributed by atoms with Gasteiger partial charge < -0.3 is 19.9 Å². The molecule has 2 amide bonds. The van der Waals surface area contributed by atoms with Crippen molar-refractivity contribution < 1.29 is 24.2 Å². The molecule has 8 nitrogen and oxygen atoms in total. The number of para-hydroxylation sites is 1. The van der Waals surface area contributed by atoms with Gasteiger partial charge in [-0.2, -0.15) is 5.10 Å². The lowest BCUT2D eigenvalue weighted by Gasteiger charge is -2.11. The van der Waals surface area contributed by atoms with Crippen molar-refractivity contribution >= 4 is 24.1 Å². The van der Waals surface area contributed by atoms with Crippen LogP contribution in [0.3, 0.4) is 0 Å². The Balaban J connectivity index is 1.89. The summed E-state index contributed by atoms with van der Waals surface area (Å²) in [5.41, 5.74) is 3.66. The van der Waals surface area contributed by atoms with Gasteiger partial charge in [0.05, 0.1) is 20.4 Å². The Morgan fingerprint density at radius 2 is 1.64 bits per heavy atom. The van der Waals surface area contributed by atoms with Crippen LogP contribution in [-0.4, -0.2) is 37.4 Å². The number of hydrogen-bond donors (Lipinski definition) is 3. The molecule has 0 saturated heterocycles. The summed E-state index contributed by atoms with van der Waals surface area (Å²) in [5, 5.41) is 16.3. The van der Waals surface area contributed by atoms with Crippen molar-refractivity contribution in [2.24, 2.45) is 5.10 Å². The topological polar surface area (TPSA) is 109 Å². The van der Waals surface area contributed by atoms with E-state index < -0.39 is 11.8 Å². The first kappa shape index (κ1) is 23.1. The van der Waals surface area contributed by atoms with Crippen molar-refractivity contribution in [2.45, 2.75) is 0 Å². The van der Waals surface area contributed by atoms with E-state index in [9.17, 15) is 14.7 Å². The largest absolute Gasteiger partial charge is 0.507 e. The molecule has 0 aliphatic heterocycles. The van der Waals surface area contributed by atoms with Crippen molar-refractivity contribution in [3.8, 4) is 17.2 Å². The minimum atomic E-state index is -0.663. The van der Waals surface area contributed by atoms with Gasteiger partial charge in [-0.15, -0.1) is 0 Å². The van der Waals surface area contributed by atoms with E-state index in [0.29, 0.717) is 28.2 Å². The predicted molar refractivity (Wildman–Crippen MR) is 125 cm³/mol. The quantitative estimate of drug-likeness (QED) is 0.280. The average Bonchev–Trinajstić information content (AvgIpc) is 2.85. The summed E-state index contributed by atoms with van der Waals surface area (Å²) in [7, 11) is 3.02. The number of nitrogens with zero attached hydrogens (tertiary/aromatic N) is 1. The van der Waals surface area contributed by atoms with Crippen LogP contribution in [0.4, 0.5) is 0 Å². The van der Waals surface area contributed by atoms with E-state index >= 15 is 0 Å². The van der Waals surface area contributed by atoms with Gasteiger partial charge in [-0.05, 0) is 42.5 Å². The number of hydrogen-bond acceptors (Lipinski definition) is 6. The van der Waals surface area contributed by atoms with Crippen LogP contribution in [0, 0.1) is 0 Å². The fourth-order valence-corrected chi connectivity index (χ4v) is 2.85. The monoisotopic (exact) mass is 445 g/mol. The summed E-state index contributed by atoms with van der Waals surface area (Å²) in [6.45, 7) is 0. The number of phenolic OH excluding ortho intramolecular Hbond substituents is 1. The van der Waals surface area contributed by atoms with Crippen LogP contribution < -0.4 is 20.2 Å². The van der Waals surface area contributed by atoms with Crippen molar-refractivity contribution in [1.82, 2.24) is 10.7 Å². The van der Waals surface area contributed by atoms with Crippen LogP contribution in [0.25, 0.3) is 6.08 Å². The third-order valence-corrected chi connectivity index (χ3v) is 4.58. The average molecular weight is 445 g/mol. The van der Waals surface area contributed by atoms with Crippen LogP contribution in [0.15, 0.2) is 83.6 Å². The first-order valence-electron chi connectivity index (χ1n) is 9.93.